The van der Waals surface area contributed by atoms with E-state index in [1.807, 2.05) is 0 Å². The van der Waals surface area contributed by atoms with Crippen molar-refractivity contribution in [2.45, 2.75) is 6.61 Å². The van der Waals surface area contributed by atoms with Crippen molar-refractivity contribution in [2.75, 3.05) is 5.32 Å². The minimum atomic E-state index is -0.547. The molecular weight excluding hydrogens is 390 g/mol. The normalized spacial score (nSPS) is 10.9. The van der Waals surface area contributed by atoms with Crippen LogP contribution < -0.4 is 10.9 Å². The topological polar surface area (TPSA) is 82.2 Å². The van der Waals surface area contributed by atoms with Crippen LogP contribution in [-0.4, -0.2) is 16.0 Å². The molecule has 30 heavy (non-hydrogen) atoms. The maximum Gasteiger partial charge on any atom is 0.256 e. The molecule has 0 aliphatic rings. The summed E-state index contributed by atoms with van der Waals surface area (Å²) in [5.41, 5.74) is 1.84. The van der Waals surface area contributed by atoms with Crippen molar-refractivity contribution >= 4 is 22.5 Å². The van der Waals surface area contributed by atoms with Crippen LogP contribution in [0.2, 0.25) is 0 Å². The molecule has 4 aromatic rings. The number of anilines is 1. The van der Waals surface area contributed by atoms with Crippen molar-refractivity contribution in [1.29, 1.82) is 0 Å². The molecule has 0 aliphatic heterocycles. The monoisotopic (exact) mass is 406 g/mol. The fourth-order valence-electron chi connectivity index (χ4n) is 3.27. The molecule has 0 fully saturated rings. The first-order chi connectivity index (χ1) is 14.4. The molecule has 0 aliphatic carbocycles. The zero-order valence-electron chi connectivity index (χ0n) is 15.6. The van der Waals surface area contributed by atoms with Gasteiger partial charge in [0.15, 0.2) is 0 Å². The molecule has 0 saturated carbocycles. The van der Waals surface area contributed by atoms with Gasteiger partial charge in [0.05, 0.1) is 12.2 Å². The number of carbonyl (C=O) groups is 1. The van der Waals surface area contributed by atoms with Crippen molar-refractivity contribution in [2.24, 2.45) is 0 Å². The summed E-state index contributed by atoms with van der Waals surface area (Å²) in [5, 5.41) is 12.4. The van der Waals surface area contributed by atoms with E-state index in [0.29, 0.717) is 22.0 Å². The number of carbonyl (C=O) groups excluding carboxylic acids is 1. The number of amides is 1. The third-order valence-electron chi connectivity index (χ3n) is 4.72. The highest BCUT2D eigenvalue weighted by atomic mass is 19.1. The third-order valence-corrected chi connectivity index (χ3v) is 4.72. The quantitative estimate of drug-likeness (QED) is 0.475. The van der Waals surface area contributed by atoms with Crippen LogP contribution in [0.1, 0.15) is 15.9 Å². The van der Waals surface area contributed by atoms with Gasteiger partial charge in [0.2, 0.25) is 5.56 Å². The highest BCUT2D eigenvalue weighted by Crippen LogP contribution is 2.27. The van der Waals surface area contributed by atoms with E-state index in [0.717, 1.165) is 0 Å². The lowest BCUT2D eigenvalue weighted by Gasteiger charge is -2.10. The minimum Gasteiger partial charge on any atom is -0.392 e. The summed E-state index contributed by atoms with van der Waals surface area (Å²) >= 11 is 0. The first-order valence-corrected chi connectivity index (χ1v) is 9.08. The van der Waals surface area contributed by atoms with Gasteiger partial charge in [-0.05, 0) is 47.5 Å². The average Bonchev–Trinajstić information content (AvgIpc) is 2.73. The number of H-pyrrole nitrogens is 1. The van der Waals surface area contributed by atoms with Crippen LogP contribution in [-0.2, 0) is 6.61 Å². The van der Waals surface area contributed by atoms with Gasteiger partial charge in [-0.1, -0.05) is 24.3 Å². The van der Waals surface area contributed by atoms with Crippen LogP contribution >= 0.6 is 0 Å². The third kappa shape index (κ3) is 3.83. The maximum atomic E-state index is 13.7. The van der Waals surface area contributed by atoms with Crippen LogP contribution in [0.4, 0.5) is 14.5 Å². The number of aromatic amines is 1. The summed E-state index contributed by atoms with van der Waals surface area (Å²) in [5.74, 6) is -1.55. The molecule has 0 atom stereocenters. The van der Waals surface area contributed by atoms with Crippen LogP contribution in [0, 0.1) is 11.6 Å². The van der Waals surface area contributed by atoms with Gasteiger partial charge < -0.3 is 15.4 Å². The molecule has 4 rings (SSSR count). The van der Waals surface area contributed by atoms with E-state index in [1.54, 1.807) is 30.3 Å². The summed E-state index contributed by atoms with van der Waals surface area (Å²) in [6.07, 6.45) is 0. The molecule has 5 nitrogen and oxygen atoms in total. The molecule has 3 N–H and O–H groups in total. The summed E-state index contributed by atoms with van der Waals surface area (Å²) < 4.78 is 27.0. The highest BCUT2D eigenvalue weighted by molar-refractivity contribution is 6.12. The Morgan fingerprint density at radius 1 is 0.967 bits per heavy atom. The van der Waals surface area contributed by atoms with Gasteiger partial charge in [-0.25, -0.2) is 8.78 Å². The predicted octanol–water partition coefficient (Wildman–Crippen LogP) is 4.22. The number of benzene rings is 3. The lowest BCUT2D eigenvalue weighted by Crippen LogP contribution is -2.17. The van der Waals surface area contributed by atoms with E-state index < -0.39 is 29.7 Å². The highest BCUT2D eigenvalue weighted by Gasteiger charge is 2.14. The SMILES string of the molecule is O=C(Nc1cccc(F)c1)c1cc(=O)[nH]c2cc(-c3ccc(F)c(CO)c3)ccc12. The van der Waals surface area contributed by atoms with Gasteiger partial charge >= 0.3 is 0 Å². The Morgan fingerprint density at radius 3 is 2.50 bits per heavy atom. The van der Waals surface area contributed by atoms with E-state index in [-0.39, 0.29) is 16.8 Å². The molecule has 150 valence electrons. The summed E-state index contributed by atoms with van der Waals surface area (Å²) in [6.45, 7) is -0.436. The number of hydrogen-bond acceptors (Lipinski definition) is 3. The Morgan fingerprint density at radius 2 is 1.73 bits per heavy atom. The van der Waals surface area contributed by atoms with E-state index in [4.69, 9.17) is 0 Å². The molecule has 1 amide bonds. The zero-order valence-corrected chi connectivity index (χ0v) is 15.6. The Labute approximate surface area is 169 Å². The fraction of sp³-hybridized carbons (Fsp3) is 0.0435. The Balaban J connectivity index is 1.76. The molecule has 7 heteroatoms. The van der Waals surface area contributed by atoms with Crippen LogP contribution in [0.3, 0.4) is 0 Å². The summed E-state index contributed by atoms with van der Waals surface area (Å²) in [7, 11) is 0. The second-order valence-electron chi connectivity index (χ2n) is 6.74. The fourth-order valence-corrected chi connectivity index (χ4v) is 3.27. The second-order valence-corrected chi connectivity index (χ2v) is 6.74. The molecule has 0 spiro atoms. The number of pyridine rings is 1. The van der Waals surface area contributed by atoms with Crippen molar-refractivity contribution in [3.05, 3.63) is 99.8 Å². The Hall–Kier alpha value is -3.84. The van der Waals surface area contributed by atoms with Crippen molar-refractivity contribution in [3.63, 3.8) is 0 Å². The lowest BCUT2D eigenvalue weighted by molar-refractivity contribution is 0.102. The van der Waals surface area contributed by atoms with E-state index in [9.17, 15) is 23.5 Å². The van der Waals surface area contributed by atoms with Crippen LogP contribution in [0.25, 0.3) is 22.0 Å². The number of rotatable bonds is 4. The van der Waals surface area contributed by atoms with Gasteiger partial charge in [-0.3, -0.25) is 9.59 Å². The van der Waals surface area contributed by atoms with E-state index in [1.165, 1.54) is 36.4 Å². The molecule has 0 saturated heterocycles. The van der Waals surface area contributed by atoms with Gasteiger partial charge in [0.1, 0.15) is 11.6 Å². The van der Waals surface area contributed by atoms with E-state index in [2.05, 4.69) is 10.3 Å². The lowest BCUT2D eigenvalue weighted by atomic mass is 9.99. The van der Waals surface area contributed by atoms with Crippen LogP contribution in [0.5, 0.6) is 0 Å². The minimum absolute atomic E-state index is 0.139. The number of nitrogens with one attached hydrogen (secondary N) is 2. The number of fused-ring (bicyclic) bond motifs is 1. The van der Waals surface area contributed by atoms with Gasteiger partial charge in [0, 0.05) is 28.2 Å². The summed E-state index contributed by atoms with van der Waals surface area (Å²) in [6, 6.07) is 16.0. The van der Waals surface area contributed by atoms with Crippen molar-refractivity contribution in [3.8, 4) is 11.1 Å². The predicted molar refractivity (Wildman–Crippen MR) is 110 cm³/mol. The first kappa shape index (κ1) is 19.5. The molecule has 0 radical (unpaired) electrons. The smallest absolute Gasteiger partial charge is 0.256 e. The molecular formula is C23H16F2N2O3. The molecule has 3 aromatic carbocycles. The van der Waals surface area contributed by atoms with E-state index >= 15 is 0 Å². The number of aromatic nitrogens is 1. The molecule has 1 aromatic heterocycles. The molecule has 0 bridgehead atoms. The summed E-state index contributed by atoms with van der Waals surface area (Å²) in [4.78, 5) is 27.5. The maximum absolute atomic E-state index is 13.7. The number of halogens is 2. The number of hydrogen-bond donors (Lipinski definition) is 3. The molecule has 0 unspecified atom stereocenters. The molecule has 1 heterocycles. The second kappa shape index (κ2) is 7.88. The van der Waals surface area contributed by atoms with Gasteiger partial charge in [0.25, 0.3) is 5.91 Å². The van der Waals surface area contributed by atoms with Crippen LogP contribution in [0.15, 0.2) is 71.5 Å². The van der Waals surface area contributed by atoms with Gasteiger partial charge in [-0.15, -0.1) is 0 Å². The van der Waals surface area contributed by atoms with Gasteiger partial charge in [-0.2, -0.15) is 0 Å². The van der Waals surface area contributed by atoms with Crippen molar-refractivity contribution in [1.82, 2.24) is 4.98 Å². The largest absolute Gasteiger partial charge is 0.392 e. The number of aliphatic hydroxyl groups excluding tert-OH is 1. The number of aliphatic hydroxyl groups is 1. The van der Waals surface area contributed by atoms with Crippen molar-refractivity contribution < 1.29 is 18.7 Å². The Bertz CT molecular complexity index is 1330. The zero-order chi connectivity index (χ0) is 21.3. The first-order valence-electron chi connectivity index (χ1n) is 9.08. The standard InChI is InChI=1S/C23H16F2N2O3/c24-16-2-1-3-17(10-16)26-23(30)19-11-22(29)27-21-9-14(4-6-18(19)21)13-5-7-20(25)15(8-13)12-28/h1-11,28H,12H2,(H,26,30)(H,27,29). The average molecular weight is 406 g/mol. The Kier molecular flexibility index (Phi) is 5.12.